The molecule has 0 bridgehead atoms. The van der Waals surface area contributed by atoms with Gasteiger partial charge >= 0.3 is 6.09 Å². The fourth-order valence-corrected chi connectivity index (χ4v) is 3.27. The molecule has 0 aliphatic carbocycles. The number of carbonyl (C=O) groups is 1. The minimum atomic E-state index is -0.291. The molecule has 0 aromatic heterocycles. The summed E-state index contributed by atoms with van der Waals surface area (Å²) in [7, 11) is 0. The lowest BCUT2D eigenvalue weighted by molar-refractivity contribution is 0.0465. The fourth-order valence-electron chi connectivity index (χ4n) is 3.14. The van der Waals surface area contributed by atoms with E-state index in [2.05, 4.69) is 4.90 Å². The van der Waals surface area contributed by atoms with Crippen molar-refractivity contribution in [1.82, 2.24) is 9.80 Å². The molecule has 3 rings (SSSR count). The summed E-state index contributed by atoms with van der Waals surface area (Å²) in [5.74, 6) is 0. The second kappa shape index (κ2) is 9.03. The zero-order valence-electron chi connectivity index (χ0n) is 14.6. The van der Waals surface area contributed by atoms with Crippen LogP contribution in [0.3, 0.4) is 0 Å². The average molecular weight is 375 g/mol. The summed E-state index contributed by atoms with van der Waals surface area (Å²) in [5.41, 5.74) is 2.00. The first-order valence-corrected chi connectivity index (χ1v) is 9.11. The van der Waals surface area contributed by atoms with Crippen molar-refractivity contribution in [2.24, 2.45) is 0 Å². The van der Waals surface area contributed by atoms with Crippen molar-refractivity contribution in [2.45, 2.75) is 12.6 Å². The minimum absolute atomic E-state index is 0.0279. The standard InChI is InChI=1S/C20H23ClN2O3/c21-18-8-6-17(7-9-18)19(14-24)22-10-12-23(13-11-22)20(25)26-15-16-4-2-1-3-5-16/h1-9,19,24H,10-15H2. The Hall–Kier alpha value is -2.08. The number of benzene rings is 2. The predicted molar refractivity (Wildman–Crippen MR) is 101 cm³/mol. The second-order valence-corrected chi connectivity index (χ2v) is 6.75. The molecule has 1 N–H and O–H groups in total. The number of rotatable bonds is 5. The van der Waals surface area contributed by atoms with E-state index in [1.807, 2.05) is 54.6 Å². The van der Waals surface area contributed by atoms with Gasteiger partial charge in [0, 0.05) is 31.2 Å². The van der Waals surface area contributed by atoms with Crippen LogP contribution >= 0.6 is 11.6 Å². The van der Waals surface area contributed by atoms with Crippen LogP contribution in [0.4, 0.5) is 4.79 Å². The third-order valence-electron chi connectivity index (χ3n) is 4.65. The largest absolute Gasteiger partial charge is 0.445 e. The summed E-state index contributed by atoms with van der Waals surface area (Å²) in [4.78, 5) is 16.1. The van der Waals surface area contributed by atoms with Gasteiger partial charge in [-0.15, -0.1) is 0 Å². The monoisotopic (exact) mass is 374 g/mol. The van der Waals surface area contributed by atoms with Crippen LogP contribution in [0, 0.1) is 0 Å². The van der Waals surface area contributed by atoms with Crippen molar-refractivity contribution < 1.29 is 14.6 Å². The molecule has 1 fully saturated rings. The molecule has 1 aliphatic rings. The summed E-state index contributed by atoms with van der Waals surface area (Å²) < 4.78 is 5.39. The van der Waals surface area contributed by atoms with Crippen LogP contribution in [0.25, 0.3) is 0 Å². The highest BCUT2D eigenvalue weighted by Crippen LogP contribution is 2.23. The van der Waals surface area contributed by atoms with Gasteiger partial charge in [0.1, 0.15) is 6.61 Å². The van der Waals surface area contributed by atoms with Gasteiger partial charge in [-0.05, 0) is 23.3 Å². The van der Waals surface area contributed by atoms with Gasteiger partial charge in [0.2, 0.25) is 0 Å². The van der Waals surface area contributed by atoms with Gasteiger partial charge in [0.15, 0.2) is 0 Å². The summed E-state index contributed by atoms with van der Waals surface area (Å²) in [6.45, 7) is 2.85. The van der Waals surface area contributed by atoms with Crippen molar-refractivity contribution in [2.75, 3.05) is 32.8 Å². The molecular weight excluding hydrogens is 352 g/mol. The minimum Gasteiger partial charge on any atom is -0.445 e. The van der Waals surface area contributed by atoms with E-state index in [1.165, 1.54) is 0 Å². The Morgan fingerprint density at radius 2 is 1.69 bits per heavy atom. The van der Waals surface area contributed by atoms with Gasteiger partial charge in [-0.2, -0.15) is 0 Å². The number of nitrogens with zero attached hydrogens (tertiary/aromatic N) is 2. The van der Waals surface area contributed by atoms with Crippen LogP contribution in [0.15, 0.2) is 54.6 Å². The van der Waals surface area contributed by atoms with E-state index in [9.17, 15) is 9.90 Å². The molecule has 0 saturated carbocycles. The highest BCUT2D eigenvalue weighted by Gasteiger charge is 2.27. The molecule has 1 aliphatic heterocycles. The molecule has 5 nitrogen and oxygen atoms in total. The number of piperazine rings is 1. The topological polar surface area (TPSA) is 53.0 Å². The van der Waals surface area contributed by atoms with Gasteiger partial charge in [0.25, 0.3) is 0 Å². The van der Waals surface area contributed by atoms with E-state index in [0.29, 0.717) is 31.2 Å². The number of ether oxygens (including phenoxy) is 1. The average Bonchev–Trinajstić information content (AvgIpc) is 2.69. The second-order valence-electron chi connectivity index (χ2n) is 6.31. The number of carbonyl (C=O) groups excluding carboxylic acids is 1. The fraction of sp³-hybridized carbons (Fsp3) is 0.350. The Bertz CT molecular complexity index is 701. The van der Waals surface area contributed by atoms with Gasteiger partial charge in [-0.25, -0.2) is 4.79 Å². The summed E-state index contributed by atoms with van der Waals surface area (Å²) in [6, 6.07) is 17.1. The molecule has 6 heteroatoms. The van der Waals surface area contributed by atoms with Crippen molar-refractivity contribution in [3.63, 3.8) is 0 Å². The van der Waals surface area contributed by atoms with E-state index in [4.69, 9.17) is 16.3 Å². The molecule has 2 aromatic carbocycles. The van der Waals surface area contributed by atoms with Crippen molar-refractivity contribution >= 4 is 17.7 Å². The maximum atomic E-state index is 12.2. The Balaban J connectivity index is 1.51. The first kappa shape index (κ1) is 18.7. The summed E-state index contributed by atoms with van der Waals surface area (Å²) in [6.07, 6.45) is -0.291. The molecule has 1 atom stereocenters. The molecular formula is C20H23ClN2O3. The number of halogens is 1. The Morgan fingerprint density at radius 1 is 1.04 bits per heavy atom. The summed E-state index contributed by atoms with van der Waals surface area (Å²) >= 11 is 5.94. The lowest BCUT2D eigenvalue weighted by Crippen LogP contribution is -2.50. The molecule has 0 spiro atoms. The first-order chi connectivity index (χ1) is 12.7. The van der Waals surface area contributed by atoms with Gasteiger partial charge in [-0.3, -0.25) is 4.90 Å². The molecule has 2 aromatic rings. The van der Waals surface area contributed by atoms with Crippen molar-refractivity contribution in [1.29, 1.82) is 0 Å². The Kier molecular flexibility index (Phi) is 6.50. The van der Waals surface area contributed by atoms with Crippen LogP contribution in [0.2, 0.25) is 5.02 Å². The first-order valence-electron chi connectivity index (χ1n) is 8.73. The van der Waals surface area contributed by atoms with Crippen LogP contribution in [-0.4, -0.2) is 53.8 Å². The van der Waals surface area contributed by atoms with Crippen molar-refractivity contribution in [3.8, 4) is 0 Å². The zero-order valence-corrected chi connectivity index (χ0v) is 15.3. The maximum absolute atomic E-state index is 12.2. The third-order valence-corrected chi connectivity index (χ3v) is 4.90. The smallest absolute Gasteiger partial charge is 0.410 e. The molecule has 1 amide bonds. The van der Waals surface area contributed by atoms with Crippen LogP contribution in [0.5, 0.6) is 0 Å². The number of aliphatic hydroxyl groups excluding tert-OH is 1. The lowest BCUT2D eigenvalue weighted by atomic mass is 10.1. The van der Waals surface area contributed by atoms with Crippen LogP contribution < -0.4 is 0 Å². The van der Waals surface area contributed by atoms with E-state index < -0.39 is 0 Å². The molecule has 138 valence electrons. The maximum Gasteiger partial charge on any atom is 0.410 e. The number of amides is 1. The Labute approximate surface area is 158 Å². The zero-order chi connectivity index (χ0) is 18.4. The van der Waals surface area contributed by atoms with Gasteiger partial charge in [0.05, 0.1) is 12.6 Å². The molecule has 1 heterocycles. The summed E-state index contributed by atoms with van der Waals surface area (Å²) in [5, 5.41) is 10.5. The number of hydrogen-bond donors (Lipinski definition) is 1. The van der Waals surface area contributed by atoms with Gasteiger partial charge < -0.3 is 14.7 Å². The van der Waals surface area contributed by atoms with Crippen LogP contribution in [0.1, 0.15) is 17.2 Å². The van der Waals surface area contributed by atoms with E-state index in [-0.39, 0.29) is 25.3 Å². The predicted octanol–water partition coefficient (Wildman–Crippen LogP) is 3.33. The van der Waals surface area contributed by atoms with Gasteiger partial charge in [-0.1, -0.05) is 54.1 Å². The molecule has 1 saturated heterocycles. The lowest BCUT2D eigenvalue weighted by Gasteiger charge is -2.38. The molecule has 26 heavy (non-hydrogen) atoms. The third kappa shape index (κ3) is 4.75. The quantitative estimate of drug-likeness (QED) is 0.872. The SMILES string of the molecule is O=C(OCc1ccccc1)N1CCN(C(CO)c2ccc(Cl)cc2)CC1. The van der Waals surface area contributed by atoms with Crippen molar-refractivity contribution in [3.05, 3.63) is 70.7 Å². The molecule has 0 radical (unpaired) electrons. The normalized spacial score (nSPS) is 16.3. The highest BCUT2D eigenvalue weighted by atomic mass is 35.5. The highest BCUT2D eigenvalue weighted by molar-refractivity contribution is 6.30. The number of aliphatic hydroxyl groups is 1. The van der Waals surface area contributed by atoms with E-state index in [0.717, 1.165) is 11.1 Å². The van der Waals surface area contributed by atoms with Crippen LogP contribution in [-0.2, 0) is 11.3 Å². The Morgan fingerprint density at radius 3 is 2.31 bits per heavy atom. The number of hydrogen-bond acceptors (Lipinski definition) is 4. The van der Waals surface area contributed by atoms with E-state index >= 15 is 0 Å². The molecule has 1 unspecified atom stereocenters. The van der Waals surface area contributed by atoms with E-state index in [1.54, 1.807) is 4.90 Å².